The Kier molecular flexibility index (Phi) is 7.99. The van der Waals surface area contributed by atoms with Crippen LogP contribution in [0.5, 0.6) is 0 Å². The summed E-state index contributed by atoms with van der Waals surface area (Å²) in [5.41, 5.74) is 1.66. The van der Waals surface area contributed by atoms with Crippen LogP contribution in [-0.2, 0) is 42.9 Å². The largest absolute Gasteiger partial charge is 0.463 e. The van der Waals surface area contributed by atoms with Gasteiger partial charge in [-0.2, -0.15) is 0 Å². The standard InChI is InChI=1S/C20H25BO9/c1-10(22)26-9-16-18(27-11(2)23)20(29-13(4)25)19(28-12(3)24)17(30-16)14-5-7-15(21)8-6-14/h5-8,16-20H,9,21H2,1-4H3/t16?,17-,18+,19?,20?/m0/s1. The molecule has 10 heteroatoms. The molecule has 2 rings (SSSR count). The summed E-state index contributed by atoms with van der Waals surface area (Å²) in [7, 11) is 1.91. The van der Waals surface area contributed by atoms with E-state index >= 15 is 0 Å². The minimum absolute atomic E-state index is 0.250. The van der Waals surface area contributed by atoms with Crippen LogP contribution in [0.2, 0.25) is 0 Å². The zero-order chi connectivity index (χ0) is 22.4. The molecule has 0 aliphatic carbocycles. The van der Waals surface area contributed by atoms with Gasteiger partial charge in [0.2, 0.25) is 0 Å². The molecule has 1 aliphatic rings. The van der Waals surface area contributed by atoms with Gasteiger partial charge in [-0.1, -0.05) is 29.7 Å². The van der Waals surface area contributed by atoms with Crippen molar-refractivity contribution >= 4 is 37.2 Å². The van der Waals surface area contributed by atoms with Crippen molar-refractivity contribution in [2.45, 2.75) is 58.2 Å². The Hall–Kier alpha value is -2.88. The van der Waals surface area contributed by atoms with E-state index < -0.39 is 54.4 Å². The van der Waals surface area contributed by atoms with Crippen molar-refractivity contribution < 1.29 is 42.9 Å². The Bertz CT molecular complexity index is 792. The molecule has 1 aromatic rings. The van der Waals surface area contributed by atoms with Crippen LogP contribution in [0.4, 0.5) is 0 Å². The van der Waals surface area contributed by atoms with E-state index in [1.807, 2.05) is 20.0 Å². The zero-order valence-electron chi connectivity index (χ0n) is 17.6. The quantitative estimate of drug-likeness (QED) is 0.349. The topological polar surface area (TPSA) is 114 Å². The number of esters is 4. The third-order valence-electron chi connectivity index (χ3n) is 4.40. The van der Waals surface area contributed by atoms with Crippen LogP contribution < -0.4 is 5.46 Å². The van der Waals surface area contributed by atoms with Crippen molar-refractivity contribution in [3.8, 4) is 0 Å². The maximum atomic E-state index is 11.8. The summed E-state index contributed by atoms with van der Waals surface area (Å²) in [4.78, 5) is 46.7. The Morgan fingerprint density at radius 1 is 0.800 bits per heavy atom. The van der Waals surface area contributed by atoms with Crippen molar-refractivity contribution in [1.82, 2.24) is 0 Å². The lowest BCUT2D eigenvalue weighted by Crippen LogP contribution is -2.59. The van der Waals surface area contributed by atoms with E-state index in [2.05, 4.69) is 0 Å². The summed E-state index contributed by atoms with van der Waals surface area (Å²) in [6, 6.07) is 7.28. The zero-order valence-corrected chi connectivity index (χ0v) is 17.6. The normalized spacial score (nSPS) is 25.7. The SMILES string of the molecule is Bc1ccc([C@@H]2OC(COC(C)=O)[C@@H](OC(C)=O)C(OC(C)=O)C2OC(C)=O)cc1. The molecule has 30 heavy (non-hydrogen) atoms. The summed E-state index contributed by atoms with van der Waals surface area (Å²) in [6.07, 6.45) is -5.23. The van der Waals surface area contributed by atoms with Crippen LogP contribution in [0.15, 0.2) is 24.3 Å². The van der Waals surface area contributed by atoms with E-state index in [0.29, 0.717) is 5.56 Å². The summed E-state index contributed by atoms with van der Waals surface area (Å²) < 4.78 is 27.3. The second kappa shape index (κ2) is 10.2. The van der Waals surface area contributed by atoms with Gasteiger partial charge in [0, 0.05) is 27.7 Å². The fourth-order valence-corrected chi connectivity index (χ4v) is 3.25. The molecule has 1 fully saturated rings. The van der Waals surface area contributed by atoms with Gasteiger partial charge in [0.1, 0.15) is 26.7 Å². The molecular formula is C20H25BO9. The number of rotatable bonds is 6. The van der Waals surface area contributed by atoms with Gasteiger partial charge >= 0.3 is 23.9 Å². The molecule has 162 valence electrons. The molecule has 0 bridgehead atoms. The fourth-order valence-electron chi connectivity index (χ4n) is 3.25. The van der Waals surface area contributed by atoms with Gasteiger partial charge in [-0.05, 0) is 5.56 Å². The van der Waals surface area contributed by atoms with Crippen LogP contribution in [0.3, 0.4) is 0 Å². The van der Waals surface area contributed by atoms with E-state index in [-0.39, 0.29) is 6.61 Å². The molecule has 0 spiro atoms. The summed E-state index contributed by atoms with van der Waals surface area (Å²) >= 11 is 0. The van der Waals surface area contributed by atoms with Crippen LogP contribution in [-0.4, -0.2) is 62.7 Å². The molecule has 9 nitrogen and oxygen atoms in total. The lowest BCUT2D eigenvalue weighted by Gasteiger charge is -2.44. The highest BCUT2D eigenvalue weighted by Gasteiger charge is 2.52. The monoisotopic (exact) mass is 420 g/mol. The first-order valence-electron chi connectivity index (χ1n) is 9.45. The molecule has 0 aromatic heterocycles. The molecule has 1 aliphatic heterocycles. The van der Waals surface area contributed by atoms with Crippen molar-refractivity contribution in [2.24, 2.45) is 0 Å². The predicted molar refractivity (Wildman–Crippen MR) is 106 cm³/mol. The van der Waals surface area contributed by atoms with Crippen LogP contribution >= 0.6 is 0 Å². The van der Waals surface area contributed by atoms with Gasteiger partial charge < -0.3 is 23.7 Å². The van der Waals surface area contributed by atoms with Gasteiger partial charge in [0.05, 0.1) is 0 Å². The summed E-state index contributed by atoms with van der Waals surface area (Å²) in [6.45, 7) is 4.56. The average Bonchev–Trinajstić information content (AvgIpc) is 2.63. The van der Waals surface area contributed by atoms with E-state index in [1.54, 1.807) is 12.1 Å². The van der Waals surface area contributed by atoms with Crippen LogP contribution in [0.25, 0.3) is 0 Å². The molecule has 0 amide bonds. The number of benzene rings is 1. The van der Waals surface area contributed by atoms with Crippen molar-refractivity contribution in [3.05, 3.63) is 29.8 Å². The minimum Gasteiger partial charge on any atom is -0.463 e. The first kappa shape index (κ1) is 23.4. The maximum absolute atomic E-state index is 11.8. The molecule has 1 saturated heterocycles. The minimum atomic E-state index is -1.17. The molecular weight excluding hydrogens is 395 g/mol. The molecule has 1 aromatic carbocycles. The Morgan fingerprint density at radius 3 is 1.80 bits per heavy atom. The van der Waals surface area contributed by atoms with Crippen LogP contribution in [0.1, 0.15) is 39.4 Å². The average molecular weight is 420 g/mol. The molecule has 5 atom stereocenters. The van der Waals surface area contributed by atoms with E-state index in [0.717, 1.165) is 5.46 Å². The highest BCUT2D eigenvalue weighted by molar-refractivity contribution is 6.32. The third-order valence-corrected chi connectivity index (χ3v) is 4.40. The van der Waals surface area contributed by atoms with Gasteiger partial charge in [0.15, 0.2) is 18.3 Å². The lowest BCUT2D eigenvalue weighted by atomic mass is 9.88. The first-order chi connectivity index (χ1) is 14.1. The second-order valence-corrected chi connectivity index (χ2v) is 7.03. The molecule has 0 radical (unpaired) electrons. The molecule has 1 heterocycles. The number of carbonyl (C=O) groups excluding carboxylic acids is 4. The highest BCUT2D eigenvalue weighted by atomic mass is 16.7. The molecule has 0 N–H and O–H groups in total. The Morgan fingerprint density at radius 2 is 1.30 bits per heavy atom. The third kappa shape index (κ3) is 6.31. The van der Waals surface area contributed by atoms with Gasteiger partial charge in [-0.25, -0.2) is 0 Å². The first-order valence-corrected chi connectivity index (χ1v) is 9.45. The van der Waals surface area contributed by atoms with Crippen molar-refractivity contribution in [3.63, 3.8) is 0 Å². The second-order valence-electron chi connectivity index (χ2n) is 7.03. The van der Waals surface area contributed by atoms with E-state index in [1.165, 1.54) is 27.7 Å². The number of hydrogen-bond acceptors (Lipinski definition) is 9. The fraction of sp³-hybridized carbons (Fsp3) is 0.500. The van der Waals surface area contributed by atoms with Crippen molar-refractivity contribution in [1.29, 1.82) is 0 Å². The summed E-state index contributed by atoms with van der Waals surface area (Å²) in [5, 5.41) is 0. The number of ether oxygens (including phenoxy) is 5. The van der Waals surface area contributed by atoms with E-state index in [4.69, 9.17) is 23.7 Å². The van der Waals surface area contributed by atoms with Gasteiger partial charge in [-0.3, -0.25) is 19.2 Å². The van der Waals surface area contributed by atoms with Gasteiger partial charge in [0.25, 0.3) is 0 Å². The molecule has 3 unspecified atom stereocenters. The Labute approximate surface area is 175 Å². The van der Waals surface area contributed by atoms with Crippen LogP contribution in [0, 0.1) is 0 Å². The number of hydrogen-bond donors (Lipinski definition) is 0. The maximum Gasteiger partial charge on any atom is 0.303 e. The predicted octanol–water partition coefficient (Wildman–Crippen LogP) is -0.257. The summed E-state index contributed by atoms with van der Waals surface area (Å²) in [5.74, 6) is -2.51. The molecule has 0 saturated carbocycles. The van der Waals surface area contributed by atoms with E-state index in [9.17, 15) is 19.2 Å². The van der Waals surface area contributed by atoms with Crippen molar-refractivity contribution in [2.75, 3.05) is 6.61 Å². The van der Waals surface area contributed by atoms with Gasteiger partial charge in [-0.15, -0.1) is 0 Å². The highest BCUT2D eigenvalue weighted by Crippen LogP contribution is 2.37. The lowest BCUT2D eigenvalue weighted by molar-refractivity contribution is -0.254. The Balaban J connectivity index is 2.51. The smallest absolute Gasteiger partial charge is 0.303 e. The number of carbonyl (C=O) groups is 4.